The van der Waals surface area contributed by atoms with Gasteiger partial charge in [-0.3, -0.25) is 9.89 Å². The zero-order valence-electron chi connectivity index (χ0n) is 14.7. The Morgan fingerprint density at radius 1 is 1.36 bits per heavy atom. The largest absolute Gasteiger partial charge is 0.497 e. The molecule has 1 amide bonds. The number of benzene rings is 1. The number of methoxy groups -OCH3 is 1. The monoisotopic (exact) mass is 341 g/mol. The number of H-pyrrole nitrogens is 1. The number of amides is 1. The van der Waals surface area contributed by atoms with E-state index in [1.165, 1.54) is 0 Å². The van der Waals surface area contributed by atoms with Gasteiger partial charge in [0.1, 0.15) is 5.75 Å². The van der Waals surface area contributed by atoms with Gasteiger partial charge in [-0.1, -0.05) is 13.8 Å². The average Bonchev–Trinajstić information content (AvgIpc) is 3.28. The predicted octanol–water partition coefficient (Wildman–Crippen LogP) is 2.63. The molecule has 2 aliphatic rings. The number of carbonyl (C=O) groups excluding carboxylic acids is 1. The van der Waals surface area contributed by atoms with Crippen LogP contribution in [0.5, 0.6) is 5.75 Å². The van der Waals surface area contributed by atoms with Gasteiger partial charge >= 0.3 is 0 Å². The molecule has 4 rings (SSSR count). The smallest absolute Gasteiger partial charge is 0.255 e. The van der Waals surface area contributed by atoms with Gasteiger partial charge < -0.3 is 14.8 Å². The highest BCUT2D eigenvalue weighted by atomic mass is 16.5. The van der Waals surface area contributed by atoms with E-state index in [-0.39, 0.29) is 23.5 Å². The molecule has 0 unspecified atom stereocenters. The molecule has 25 heavy (non-hydrogen) atoms. The molecule has 6 heteroatoms. The third-order valence-corrected chi connectivity index (χ3v) is 5.65. The van der Waals surface area contributed by atoms with Crippen molar-refractivity contribution in [1.82, 2.24) is 15.5 Å². The fraction of sp³-hybridized carbons (Fsp3) is 0.474. The van der Waals surface area contributed by atoms with E-state index in [0.717, 1.165) is 30.0 Å². The molecular formula is C19H23N3O3. The summed E-state index contributed by atoms with van der Waals surface area (Å²) in [6, 6.07) is 7.70. The lowest BCUT2D eigenvalue weighted by molar-refractivity contribution is -0.108. The summed E-state index contributed by atoms with van der Waals surface area (Å²) < 4.78 is 11.0. The maximum Gasteiger partial charge on any atom is 0.255 e. The van der Waals surface area contributed by atoms with E-state index < -0.39 is 0 Å². The van der Waals surface area contributed by atoms with E-state index in [0.29, 0.717) is 11.5 Å². The molecule has 2 N–H and O–H groups in total. The van der Waals surface area contributed by atoms with Crippen LogP contribution in [0.4, 0.5) is 0 Å². The molecule has 1 aromatic carbocycles. The number of carbonyl (C=O) groups is 1. The van der Waals surface area contributed by atoms with Gasteiger partial charge in [-0.2, -0.15) is 5.10 Å². The molecule has 2 aromatic rings. The minimum Gasteiger partial charge on any atom is -0.497 e. The zero-order chi connectivity index (χ0) is 17.6. The Labute approximate surface area is 146 Å². The SMILES string of the molecule is COc1ccc(-c2[nH]ncc2C(=O)N[C@@H]2[C@H]3CCO[C@@H]3C2(C)C)cc1. The molecule has 1 aliphatic carbocycles. The second kappa shape index (κ2) is 5.88. The summed E-state index contributed by atoms with van der Waals surface area (Å²) in [5.74, 6) is 1.09. The van der Waals surface area contributed by atoms with Crippen LogP contribution >= 0.6 is 0 Å². The number of ether oxygens (including phenoxy) is 2. The predicted molar refractivity (Wildman–Crippen MR) is 93.5 cm³/mol. The van der Waals surface area contributed by atoms with Crippen LogP contribution in [0.1, 0.15) is 30.6 Å². The molecule has 0 spiro atoms. The molecule has 1 aromatic heterocycles. The maximum absolute atomic E-state index is 12.9. The third kappa shape index (κ3) is 2.52. The minimum absolute atomic E-state index is 0.0408. The Kier molecular flexibility index (Phi) is 3.80. The Morgan fingerprint density at radius 2 is 2.12 bits per heavy atom. The molecule has 3 atom stereocenters. The third-order valence-electron chi connectivity index (χ3n) is 5.65. The van der Waals surface area contributed by atoms with Crippen LogP contribution in [0.15, 0.2) is 30.5 Å². The first-order chi connectivity index (χ1) is 12.0. The molecule has 1 saturated carbocycles. The zero-order valence-corrected chi connectivity index (χ0v) is 14.7. The lowest BCUT2D eigenvalue weighted by Gasteiger charge is -2.54. The number of hydrogen-bond donors (Lipinski definition) is 2. The van der Waals surface area contributed by atoms with Crippen LogP contribution in [0.25, 0.3) is 11.3 Å². The molecule has 1 saturated heterocycles. The van der Waals surface area contributed by atoms with Crippen molar-refractivity contribution in [2.45, 2.75) is 32.4 Å². The first-order valence-electron chi connectivity index (χ1n) is 8.62. The normalized spacial score (nSPS) is 26.6. The van der Waals surface area contributed by atoms with Gasteiger partial charge in [0.2, 0.25) is 0 Å². The molecule has 0 radical (unpaired) electrons. The summed E-state index contributed by atoms with van der Waals surface area (Å²) in [6.45, 7) is 5.10. The minimum atomic E-state index is -0.0945. The Bertz CT molecular complexity index is 781. The van der Waals surface area contributed by atoms with Crippen molar-refractivity contribution < 1.29 is 14.3 Å². The van der Waals surface area contributed by atoms with E-state index in [1.54, 1.807) is 13.3 Å². The number of nitrogens with one attached hydrogen (secondary N) is 2. The Balaban J connectivity index is 1.54. The van der Waals surface area contributed by atoms with Crippen molar-refractivity contribution in [3.63, 3.8) is 0 Å². The van der Waals surface area contributed by atoms with E-state index in [9.17, 15) is 4.79 Å². The summed E-state index contributed by atoms with van der Waals surface area (Å²) in [4.78, 5) is 12.9. The van der Waals surface area contributed by atoms with Crippen molar-refractivity contribution in [3.05, 3.63) is 36.0 Å². The van der Waals surface area contributed by atoms with E-state index in [1.807, 2.05) is 24.3 Å². The Hall–Kier alpha value is -2.34. The second-order valence-corrected chi connectivity index (χ2v) is 7.40. The highest BCUT2D eigenvalue weighted by molar-refractivity contribution is 6.00. The number of rotatable bonds is 4. The second-order valence-electron chi connectivity index (χ2n) is 7.40. The fourth-order valence-corrected chi connectivity index (χ4v) is 4.27. The van der Waals surface area contributed by atoms with Crippen molar-refractivity contribution >= 4 is 5.91 Å². The lowest BCUT2D eigenvalue weighted by Crippen LogP contribution is -2.66. The van der Waals surface area contributed by atoms with E-state index >= 15 is 0 Å². The standard InChI is InChI=1S/C19H23N3O3/c1-19(2)16(13-8-9-25-17(13)19)21-18(23)14-10-20-22-15(14)11-4-6-12(24-3)7-5-11/h4-7,10,13,16-17H,8-9H2,1-3H3,(H,20,22)(H,21,23)/t13-,16-,17+/m1/s1. The van der Waals surface area contributed by atoms with Gasteiger partial charge in [0.05, 0.1) is 30.7 Å². The van der Waals surface area contributed by atoms with Crippen molar-refractivity contribution in [2.75, 3.05) is 13.7 Å². The molecule has 132 valence electrons. The number of aromatic nitrogens is 2. The number of fused-ring (bicyclic) bond motifs is 1. The van der Waals surface area contributed by atoms with Gasteiger partial charge in [-0.15, -0.1) is 0 Å². The summed E-state index contributed by atoms with van der Waals surface area (Å²) in [7, 11) is 1.63. The van der Waals surface area contributed by atoms with Gasteiger partial charge in [0.25, 0.3) is 5.91 Å². The molecule has 6 nitrogen and oxygen atoms in total. The Morgan fingerprint density at radius 3 is 2.84 bits per heavy atom. The lowest BCUT2D eigenvalue weighted by atomic mass is 9.57. The summed E-state index contributed by atoms with van der Waals surface area (Å²) >= 11 is 0. The number of hydrogen-bond acceptors (Lipinski definition) is 4. The summed E-state index contributed by atoms with van der Waals surface area (Å²) in [5.41, 5.74) is 2.14. The number of aromatic amines is 1. The van der Waals surface area contributed by atoms with Crippen molar-refractivity contribution in [1.29, 1.82) is 0 Å². The number of nitrogens with zero attached hydrogens (tertiary/aromatic N) is 1. The van der Waals surface area contributed by atoms with Crippen LogP contribution in [0.2, 0.25) is 0 Å². The topological polar surface area (TPSA) is 76.2 Å². The van der Waals surface area contributed by atoms with Gasteiger partial charge in [0.15, 0.2) is 0 Å². The van der Waals surface area contributed by atoms with Gasteiger partial charge in [-0.05, 0) is 30.7 Å². The quantitative estimate of drug-likeness (QED) is 0.896. The fourth-order valence-electron chi connectivity index (χ4n) is 4.27. The highest BCUT2D eigenvalue weighted by Gasteiger charge is 2.59. The first kappa shape index (κ1) is 16.1. The maximum atomic E-state index is 12.9. The van der Waals surface area contributed by atoms with E-state index in [4.69, 9.17) is 9.47 Å². The molecule has 2 fully saturated rings. The summed E-state index contributed by atoms with van der Waals surface area (Å²) in [6.07, 6.45) is 2.85. The van der Waals surface area contributed by atoms with Crippen molar-refractivity contribution in [3.8, 4) is 17.0 Å². The van der Waals surface area contributed by atoms with Crippen LogP contribution in [-0.4, -0.2) is 42.0 Å². The highest BCUT2D eigenvalue weighted by Crippen LogP contribution is 2.52. The molecule has 0 bridgehead atoms. The summed E-state index contributed by atoms with van der Waals surface area (Å²) in [5, 5.41) is 10.2. The van der Waals surface area contributed by atoms with Crippen LogP contribution in [0.3, 0.4) is 0 Å². The van der Waals surface area contributed by atoms with Crippen molar-refractivity contribution in [2.24, 2.45) is 11.3 Å². The van der Waals surface area contributed by atoms with E-state index in [2.05, 4.69) is 29.4 Å². The van der Waals surface area contributed by atoms with Gasteiger partial charge in [0, 0.05) is 29.5 Å². The molecular weight excluding hydrogens is 318 g/mol. The van der Waals surface area contributed by atoms with Crippen LogP contribution < -0.4 is 10.1 Å². The average molecular weight is 341 g/mol. The van der Waals surface area contributed by atoms with Crippen LogP contribution in [-0.2, 0) is 4.74 Å². The molecule has 1 aliphatic heterocycles. The van der Waals surface area contributed by atoms with Gasteiger partial charge in [-0.25, -0.2) is 0 Å². The first-order valence-corrected chi connectivity index (χ1v) is 8.62. The van der Waals surface area contributed by atoms with Crippen LogP contribution in [0, 0.1) is 11.3 Å². The molecule has 2 heterocycles.